The highest BCUT2D eigenvalue weighted by molar-refractivity contribution is 8.01. The number of anilines is 2. The van der Waals surface area contributed by atoms with Gasteiger partial charge in [-0.2, -0.15) is 0 Å². The molecule has 0 aliphatic rings. The first-order valence-electron chi connectivity index (χ1n) is 6.29. The third-order valence-corrected chi connectivity index (χ3v) is 5.42. The average molecular weight is 327 g/mol. The van der Waals surface area contributed by atoms with Crippen LogP contribution in [0.5, 0.6) is 0 Å². The summed E-state index contributed by atoms with van der Waals surface area (Å²) in [6.07, 6.45) is 0. The number of nitrogens with two attached hydrogens (primary N) is 1. The van der Waals surface area contributed by atoms with Gasteiger partial charge in [-0.15, -0.1) is 11.8 Å². The highest BCUT2D eigenvalue weighted by atomic mass is 32.2. The molecule has 0 radical (unpaired) electrons. The van der Waals surface area contributed by atoms with E-state index in [2.05, 4.69) is 9.88 Å². The van der Waals surface area contributed by atoms with E-state index in [-0.39, 0.29) is 11.6 Å². The van der Waals surface area contributed by atoms with E-state index in [1.165, 1.54) is 11.8 Å². The van der Waals surface area contributed by atoms with Crippen molar-refractivity contribution in [3.63, 3.8) is 0 Å². The summed E-state index contributed by atoms with van der Waals surface area (Å²) in [5.74, 6) is 0.608. The van der Waals surface area contributed by atoms with Crippen molar-refractivity contribution in [2.45, 2.75) is 18.7 Å². The van der Waals surface area contributed by atoms with Gasteiger partial charge < -0.3 is 10.3 Å². The first-order chi connectivity index (χ1) is 9.87. The van der Waals surface area contributed by atoms with Crippen LogP contribution in [0, 0.1) is 13.8 Å². The second kappa shape index (κ2) is 6.40. The average Bonchev–Trinajstić information content (AvgIpc) is 2.72. The number of nitrogen functional groups attached to an aromatic ring is 1. The number of aromatic nitrogens is 1. The molecule has 0 unspecified atom stereocenters. The Kier molecular flexibility index (Phi) is 4.79. The molecule has 6 nitrogen and oxygen atoms in total. The number of nitrogens with zero attached hydrogens (tertiary/aromatic N) is 1. The van der Waals surface area contributed by atoms with Gasteiger partial charge in [0.2, 0.25) is 15.9 Å². The maximum Gasteiger partial charge on any atom is 0.241 e. The highest BCUT2D eigenvalue weighted by Crippen LogP contribution is 2.21. The normalized spacial score (nSPS) is 11.5. The second-order valence-corrected chi connectivity index (χ2v) is 7.57. The van der Waals surface area contributed by atoms with Crippen LogP contribution < -0.4 is 10.5 Å². The number of benzene rings is 1. The number of rotatable bonds is 6. The van der Waals surface area contributed by atoms with E-state index in [0.717, 1.165) is 4.90 Å². The zero-order chi connectivity index (χ0) is 15.5. The molecule has 1 heterocycles. The molecular formula is C13H17N3O3S2. The summed E-state index contributed by atoms with van der Waals surface area (Å²) in [4.78, 5) is 0.978. The number of hydrogen-bond donors (Lipinski definition) is 2. The standard InChI is InChI=1S/C13H17N3O3S2/c1-9-10(2)15-19-13(9)16-21(17,18)8-7-20-12-5-3-11(14)4-6-12/h3-6,16H,7-8,14H2,1-2H3. The van der Waals surface area contributed by atoms with Crippen LogP contribution >= 0.6 is 11.8 Å². The van der Waals surface area contributed by atoms with Crippen molar-refractivity contribution in [3.8, 4) is 0 Å². The second-order valence-electron chi connectivity index (χ2n) is 4.56. The molecule has 0 fully saturated rings. The number of aryl methyl sites for hydroxylation is 1. The van der Waals surface area contributed by atoms with Gasteiger partial charge in [0, 0.05) is 21.9 Å². The van der Waals surface area contributed by atoms with Crippen LogP contribution in [-0.4, -0.2) is 25.1 Å². The predicted molar refractivity (Wildman–Crippen MR) is 85.0 cm³/mol. The number of hydrogen-bond acceptors (Lipinski definition) is 6. The van der Waals surface area contributed by atoms with Gasteiger partial charge in [-0.05, 0) is 38.1 Å². The molecule has 0 spiro atoms. The van der Waals surface area contributed by atoms with Gasteiger partial charge >= 0.3 is 0 Å². The molecule has 0 amide bonds. The Morgan fingerprint density at radius 1 is 1.29 bits per heavy atom. The maximum absolute atomic E-state index is 12.0. The van der Waals surface area contributed by atoms with Gasteiger partial charge in [0.25, 0.3) is 0 Å². The third-order valence-electron chi connectivity index (χ3n) is 2.91. The van der Waals surface area contributed by atoms with Gasteiger partial charge in [-0.1, -0.05) is 5.16 Å². The lowest BCUT2D eigenvalue weighted by atomic mass is 10.3. The van der Waals surface area contributed by atoms with Crippen LogP contribution in [-0.2, 0) is 10.0 Å². The molecule has 3 N–H and O–H groups in total. The molecule has 0 bridgehead atoms. The van der Waals surface area contributed by atoms with Crippen molar-refractivity contribution in [1.82, 2.24) is 5.16 Å². The Bertz CT molecular complexity index is 709. The molecule has 0 atom stereocenters. The fraction of sp³-hybridized carbons (Fsp3) is 0.308. The molecule has 114 valence electrons. The SMILES string of the molecule is Cc1noc(NS(=O)(=O)CCSc2ccc(N)cc2)c1C. The van der Waals surface area contributed by atoms with Crippen molar-refractivity contribution >= 4 is 33.4 Å². The minimum atomic E-state index is -3.45. The number of sulfonamides is 1. The lowest BCUT2D eigenvalue weighted by Gasteiger charge is -2.06. The Hall–Kier alpha value is -1.67. The third kappa shape index (κ3) is 4.40. The Morgan fingerprint density at radius 3 is 2.52 bits per heavy atom. The summed E-state index contributed by atoms with van der Waals surface area (Å²) in [7, 11) is -3.45. The summed E-state index contributed by atoms with van der Waals surface area (Å²) in [5.41, 5.74) is 7.65. The number of thioether (sulfide) groups is 1. The summed E-state index contributed by atoms with van der Waals surface area (Å²) in [6, 6.07) is 7.31. The van der Waals surface area contributed by atoms with Crippen LogP contribution in [0.1, 0.15) is 11.3 Å². The quantitative estimate of drug-likeness (QED) is 0.624. The molecule has 2 aromatic rings. The molecule has 0 saturated carbocycles. The smallest absolute Gasteiger partial charge is 0.241 e. The van der Waals surface area contributed by atoms with E-state index in [1.54, 1.807) is 26.0 Å². The largest absolute Gasteiger partial charge is 0.399 e. The highest BCUT2D eigenvalue weighted by Gasteiger charge is 2.16. The van der Waals surface area contributed by atoms with Crippen LogP contribution in [0.4, 0.5) is 11.6 Å². The fourth-order valence-electron chi connectivity index (χ4n) is 1.54. The number of nitrogens with one attached hydrogen (secondary N) is 1. The van der Waals surface area contributed by atoms with Crippen LogP contribution in [0.25, 0.3) is 0 Å². The molecule has 8 heteroatoms. The molecule has 21 heavy (non-hydrogen) atoms. The van der Waals surface area contributed by atoms with E-state index in [9.17, 15) is 8.42 Å². The first-order valence-corrected chi connectivity index (χ1v) is 8.93. The van der Waals surface area contributed by atoms with E-state index in [4.69, 9.17) is 10.3 Å². The minimum Gasteiger partial charge on any atom is -0.399 e. The van der Waals surface area contributed by atoms with Crippen molar-refractivity contribution in [2.24, 2.45) is 0 Å². The molecule has 1 aromatic carbocycles. The molecule has 1 aromatic heterocycles. The topological polar surface area (TPSA) is 98.2 Å². The monoisotopic (exact) mass is 327 g/mol. The van der Waals surface area contributed by atoms with Crippen molar-refractivity contribution < 1.29 is 12.9 Å². The van der Waals surface area contributed by atoms with Crippen molar-refractivity contribution in [1.29, 1.82) is 0 Å². The van der Waals surface area contributed by atoms with Gasteiger partial charge in [0.15, 0.2) is 0 Å². The minimum absolute atomic E-state index is 0.0127. The van der Waals surface area contributed by atoms with Crippen LogP contribution in [0.15, 0.2) is 33.7 Å². The first kappa shape index (κ1) is 15.7. The van der Waals surface area contributed by atoms with Crippen molar-refractivity contribution in [3.05, 3.63) is 35.5 Å². The molecular weight excluding hydrogens is 310 g/mol. The van der Waals surface area contributed by atoms with Gasteiger partial charge in [-0.3, -0.25) is 4.72 Å². The summed E-state index contributed by atoms with van der Waals surface area (Å²) in [5, 5.41) is 3.72. The maximum atomic E-state index is 12.0. The van der Waals surface area contributed by atoms with Gasteiger partial charge in [0.1, 0.15) is 0 Å². The van der Waals surface area contributed by atoms with Gasteiger partial charge in [0.05, 0.1) is 11.4 Å². The lowest BCUT2D eigenvalue weighted by molar-refractivity contribution is 0.430. The zero-order valence-electron chi connectivity index (χ0n) is 11.8. The van der Waals surface area contributed by atoms with Crippen molar-refractivity contribution in [2.75, 3.05) is 22.0 Å². The molecule has 0 aliphatic carbocycles. The fourth-order valence-corrected chi connectivity index (χ4v) is 3.89. The van der Waals surface area contributed by atoms with E-state index in [1.807, 2.05) is 12.1 Å². The zero-order valence-corrected chi connectivity index (χ0v) is 13.4. The van der Waals surface area contributed by atoms with E-state index in [0.29, 0.717) is 22.7 Å². The lowest BCUT2D eigenvalue weighted by Crippen LogP contribution is -2.18. The Morgan fingerprint density at radius 2 is 1.95 bits per heavy atom. The van der Waals surface area contributed by atoms with Crippen LogP contribution in [0.2, 0.25) is 0 Å². The summed E-state index contributed by atoms with van der Waals surface area (Å²) in [6.45, 7) is 3.51. The predicted octanol–water partition coefficient (Wildman–Crippen LogP) is 2.41. The molecule has 0 saturated heterocycles. The Labute approximate surface area is 128 Å². The summed E-state index contributed by atoms with van der Waals surface area (Å²) < 4.78 is 31.3. The summed E-state index contributed by atoms with van der Waals surface area (Å²) >= 11 is 1.46. The van der Waals surface area contributed by atoms with Crippen LogP contribution in [0.3, 0.4) is 0 Å². The molecule has 0 aliphatic heterocycles. The van der Waals surface area contributed by atoms with E-state index < -0.39 is 10.0 Å². The Balaban J connectivity index is 1.89. The van der Waals surface area contributed by atoms with Gasteiger partial charge in [-0.25, -0.2) is 8.42 Å². The molecule has 2 rings (SSSR count). The van der Waals surface area contributed by atoms with E-state index >= 15 is 0 Å².